The minimum absolute atomic E-state index is 0.214. The number of hydrogen-bond donors (Lipinski definition) is 1. The molecule has 1 aliphatic rings. The highest BCUT2D eigenvalue weighted by atomic mass is 16.5. The normalized spacial score (nSPS) is 13.5. The van der Waals surface area contributed by atoms with E-state index in [0.717, 1.165) is 24.8 Å². The fourth-order valence-electron chi connectivity index (χ4n) is 3.44. The average molecular weight is 410 g/mol. The zero-order chi connectivity index (χ0) is 21.7. The molecule has 0 atom stereocenters. The molecule has 1 fully saturated rings. The van der Waals surface area contributed by atoms with E-state index in [2.05, 4.69) is 5.32 Å². The molecule has 0 aliphatic carbocycles. The molecular formula is C23H26N2O5. The van der Waals surface area contributed by atoms with Crippen molar-refractivity contribution in [2.24, 2.45) is 0 Å². The van der Waals surface area contributed by atoms with E-state index < -0.39 is 11.7 Å². The summed E-state index contributed by atoms with van der Waals surface area (Å²) in [4.78, 5) is 40.1. The first-order valence-electron chi connectivity index (χ1n) is 9.92. The maximum Gasteiger partial charge on any atom is 0.296 e. The van der Waals surface area contributed by atoms with Crippen LogP contribution >= 0.6 is 0 Å². The fourth-order valence-corrected chi connectivity index (χ4v) is 3.44. The van der Waals surface area contributed by atoms with Crippen LogP contribution in [0.15, 0.2) is 36.4 Å². The molecule has 2 amide bonds. The van der Waals surface area contributed by atoms with Crippen molar-refractivity contribution < 1.29 is 23.9 Å². The minimum Gasteiger partial charge on any atom is -0.493 e. The number of carbonyl (C=O) groups is 3. The van der Waals surface area contributed by atoms with Crippen molar-refractivity contribution >= 4 is 23.3 Å². The van der Waals surface area contributed by atoms with E-state index in [-0.39, 0.29) is 22.7 Å². The van der Waals surface area contributed by atoms with Crippen molar-refractivity contribution in [2.45, 2.75) is 26.2 Å². The third kappa shape index (κ3) is 4.62. The molecular weight excluding hydrogens is 384 g/mol. The lowest BCUT2D eigenvalue weighted by Gasteiger charge is -2.28. The van der Waals surface area contributed by atoms with E-state index in [0.29, 0.717) is 24.6 Å². The number of nitrogens with zero attached hydrogens (tertiary/aromatic N) is 1. The predicted octanol–water partition coefficient (Wildman–Crippen LogP) is 3.46. The summed E-state index contributed by atoms with van der Waals surface area (Å²) in [6.07, 6.45) is 2.96. The van der Waals surface area contributed by atoms with Gasteiger partial charge in [0.25, 0.3) is 17.6 Å². The number of carbonyl (C=O) groups excluding carboxylic acids is 3. The molecule has 7 nitrogen and oxygen atoms in total. The number of nitrogens with one attached hydrogen (secondary N) is 1. The van der Waals surface area contributed by atoms with E-state index in [9.17, 15) is 14.4 Å². The van der Waals surface area contributed by atoms with Gasteiger partial charge in [0.05, 0.1) is 25.5 Å². The summed E-state index contributed by atoms with van der Waals surface area (Å²) in [5.41, 5.74) is 1.75. The van der Waals surface area contributed by atoms with E-state index in [1.54, 1.807) is 35.2 Å². The molecule has 0 radical (unpaired) electrons. The number of methoxy groups -OCH3 is 2. The number of ether oxygens (including phenoxy) is 2. The molecule has 0 unspecified atom stereocenters. The number of hydrogen-bond acceptors (Lipinski definition) is 5. The fraction of sp³-hybridized carbons (Fsp3) is 0.348. The van der Waals surface area contributed by atoms with Crippen LogP contribution in [-0.4, -0.2) is 49.8 Å². The number of anilines is 1. The summed E-state index contributed by atoms with van der Waals surface area (Å²) in [6, 6.07) is 9.79. The highest BCUT2D eigenvalue weighted by Gasteiger charge is 2.25. The van der Waals surface area contributed by atoms with Gasteiger partial charge in [0.2, 0.25) is 0 Å². The second kappa shape index (κ2) is 9.43. The molecule has 158 valence electrons. The van der Waals surface area contributed by atoms with Crippen LogP contribution in [0.2, 0.25) is 0 Å². The Labute approximate surface area is 176 Å². The van der Waals surface area contributed by atoms with Gasteiger partial charge >= 0.3 is 0 Å². The minimum atomic E-state index is -0.821. The summed E-state index contributed by atoms with van der Waals surface area (Å²) in [6.45, 7) is 3.21. The zero-order valence-corrected chi connectivity index (χ0v) is 17.5. The van der Waals surface area contributed by atoms with Gasteiger partial charge in [0.15, 0.2) is 11.5 Å². The Morgan fingerprint density at radius 2 is 1.50 bits per heavy atom. The molecule has 0 bridgehead atoms. The standard InChI is InChI=1S/C23H26N2O5/c1-15-7-9-16(10-8-15)21(26)22(27)24-18-14-20(30-3)19(29-2)13-17(18)23(28)25-11-5-4-6-12-25/h7-10,13-14H,4-6,11-12H2,1-3H3,(H,24,27). The SMILES string of the molecule is COc1cc(NC(=O)C(=O)c2ccc(C)cc2)c(C(=O)N2CCCCC2)cc1OC. The largest absolute Gasteiger partial charge is 0.493 e. The molecule has 3 rings (SSSR count). The predicted molar refractivity (Wildman–Crippen MR) is 113 cm³/mol. The first-order chi connectivity index (χ1) is 14.4. The van der Waals surface area contributed by atoms with E-state index in [1.807, 2.05) is 6.92 Å². The smallest absolute Gasteiger partial charge is 0.296 e. The molecule has 30 heavy (non-hydrogen) atoms. The van der Waals surface area contributed by atoms with Crippen molar-refractivity contribution in [3.05, 3.63) is 53.1 Å². The number of likely N-dealkylation sites (tertiary alicyclic amines) is 1. The third-order valence-electron chi connectivity index (χ3n) is 5.17. The first kappa shape index (κ1) is 21.4. The Morgan fingerprint density at radius 3 is 2.10 bits per heavy atom. The quantitative estimate of drug-likeness (QED) is 0.582. The summed E-state index contributed by atoms with van der Waals surface area (Å²) < 4.78 is 10.6. The van der Waals surface area contributed by atoms with E-state index >= 15 is 0 Å². The highest BCUT2D eigenvalue weighted by molar-refractivity contribution is 6.46. The second-order valence-corrected chi connectivity index (χ2v) is 7.25. The zero-order valence-electron chi connectivity index (χ0n) is 17.5. The van der Waals surface area contributed by atoms with Crippen molar-refractivity contribution in [1.82, 2.24) is 4.90 Å². The van der Waals surface area contributed by atoms with Crippen LogP contribution in [-0.2, 0) is 4.79 Å². The topological polar surface area (TPSA) is 84.9 Å². The maximum absolute atomic E-state index is 13.1. The third-order valence-corrected chi connectivity index (χ3v) is 5.17. The van der Waals surface area contributed by atoms with E-state index in [4.69, 9.17) is 9.47 Å². The first-order valence-corrected chi connectivity index (χ1v) is 9.92. The van der Waals surface area contributed by atoms with Crippen LogP contribution in [0.1, 0.15) is 45.5 Å². The van der Waals surface area contributed by atoms with Crippen LogP contribution < -0.4 is 14.8 Å². The van der Waals surface area contributed by atoms with E-state index in [1.165, 1.54) is 20.3 Å². The second-order valence-electron chi connectivity index (χ2n) is 7.25. The Kier molecular flexibility index (Phi) is 6.72. The molecule has 1 N–H and O–H groups in total. The van der Waals surface area contributed by atoms with Crippen LogP contribution in [0, 0.1) is 6.92 Å². The Hall–Kier alpha value is -3.35. The molecule has 7 heteroatoms. The maximum atomic E-state index is 13.1. The number of amides is 2. The van der Waals surface area contributed by atoms with Crippen molar-refractivity contribution in [3.8, 4) is 11.5 Å². The van der Waals surface area contributed by atoms with Gasteiger partial charge in [-0.15, -0.1) is 0 Å². The van der Waals surface area contributed by atoms with Crippen LogP contribution in [0.4, 0.5) is 5.69 Å². The van der Waals surface area contributed by atoms with Gasteiger partial charge in [0.1, 0.15) is 0 Å². The van der Waals surface area contributed by atoms with Crippen LogP contribution in [0.5, 0.6) is 11.5 Å². The van der Waals surface area contributed by atoms with Crippen molar-refractivity contribution in [2.75, 3.05) is 32.6 Å². The van der Waals surface area contributed by atoms with Crippen LogP contribution in [0.25, 0.3) is 0 Å². The number of ketones is 1. The summed E-state index contributed by atoms with van der Waals surface area (Å²) in [5, 5.41) is 2.60. The summed E-state index contributed by atoms with van der Waals surface area (Å²) >= 11 is 0. The number of Topliss-reactive ketones (excluding diaryl/α,β-unsaturated/α-hetero) is 1. The lowest BCUT2D eigenvalue weighted by atomic mass is 10.1. The van der Waals surface area contributed by atoms with Gasteiger partial charge in [-0.3, -0.25) is 14.4 Å². The Bertz CT molecular complexity index is 947. The molecule has 0 aromatic heterocycles. The van der Waals surface area contributed by atoms with Crippen LogP contribution in [0.3, 0.4) is 0 Å². The molecule has 0 saturated carbocycles. The highest BCUT2D eigenvalue weighted by Crippen LogP contribution is 2.34. The number of benzene rings is 2. The van der Waals surface area contributed by atoms with Gasteiger partial charge in [0, 0.05) is 24.7 Å². The molecule has 2 aromatic rings. The average Bonchev–Trinajstić information content (AvgIpc) is 2.78. The van der Waals surface area contributed by atoms with Gasteiger partial charge in [-0.05, 0) is 32.3 Å². The van der Waals surface area contributed by atoms with Crippen molar-refractivity contribution in [1.29, 1.82) is 0 Å². The van der Waals surface area contributed by atoms with Gasteiger partial charge in [-0.1, -0.05) is 29.8 Å². The molecule has 1 heterocycles. The summed E-state index contributed by atoms with van der Waals surface area (Å²) in [5.74, 6) is -0.986. The number of piperidine rings is 1. The molecule has 1 aliphatic heterocycles. The van der Waals surface area contributed by atoms with Gasteiger partial charge < -0.3 is 19.7 Å². The Morgan fingerprint density at radius 1 is 0.900 bits per heavy atom. The van der Waals surface area contributed by atoms with Gasteiger partial charge in [-0.2, -0.15) is 0 Å². The lowest BCUT2D eigenvalue weighted by Crippen LogP contribution is -2.36. The molecule has 0 spiro atoms. The lowest BCUT2D eigenvalue weighted by molar-refractivity contribution is -0.112. The Balaban J connectivity index is 1.93. The van der Waals surface area contributed by atoms with Crippen molar-refractivity contribution in [3.63, 3.8) is 0 Å². The number of aryl methyl sites for hydroxylation is 1. The summed E-state index contributed by atoms with van der Waals surface area (Å²) in [7, 11) is 2.94. The molecule has 1 saturated heterocycles. The van der Waals surface area contributed by atoms with Gasteiger partial charge in [-0.25, -0.2) is 0 Å². The number of rotatable bonds is 6. The molecule has 2 aromatic carbocycles. The monoisotopic (exact) mass is 410 g/mol.